The first-order chi connectivity index (χ1) is 18.0. The number of aromatic amines is 1. The first-order valence-electron chi connectivity index (χ1n) is 12.1. The minimum atomic E-state index is -1.59. The number of nitrogens with zero attached hydrogens (tertiary/aromatic N) is 1. The van der Waals surface area contributed by atoms with Crippen LogP contribution in [0, 0.1) is 5.92 Å². The molecular formula is C25H34N6O7. The zero-order valence-corrected chi connectivity index (χ0v) is 21.2. The van der Waals surface area contributed by atoms with Crippen LogP contribution in [0.15, 0.2) is 42.9 Å². The van der Waals surface area contributed by atoms with Gasteiger partial charge in [0.1, 0.15) is 18.1 Å². The lowest BCUT2D eigenvalue weighted by molar-refractivity contribution is -0.144. The lowest BCUT2D eigenvalue weighted by Gasteiger charge is -2.25. The first kappa shape index (κ1) is 30.0. The second-order valence-electron chi connectivity index (χ2n) is 9.33. The molecule has 0 aliphatic carbocycles. The number of rotatable bonds is 15. The van der Waals surface area contributed by atoms with Crippen molar-refractivity contribution in [1.82, 2.24) is 25.9 Å². The fourth-order valence-electron chi connectivity index (χ4n) is 3.69. The summed E-state index contributed by atoms with van der Waals surface area (Å²) in [4.78, 5) is 68.5. The van der Waals surface area contributed by atoms with E-state index in [0.29, 0.717) is 5.69 Å². The quantitative estimate of drug-likeness (QED) is 0.159. The molecule has 0 fully saturated rings. The predicted octanol–water partition coefficient (Wildman–Crippen LogP) is -0.418. The highest BCUT2D eigenvalue weighted by Crippen LogP contribution is 2.08. The van der Waals surface area contributed by atoms with Crippen LogP contribution in [-0.4, -0.2) is 74.0 Å². The number of benzene rings is 1. The molecule has 0 saturated carbocycles. The molecule has 4 unspecified atom stereocenters. The van der Waals surface area contributed by atoms with Crippen LogP contribution in [0.1, 0.15) is 37.9 Å². The number of carbonyl (C=O) groups excluding carboxylic acids is 3. The Labute approximate surface area is 219 Å². The molecular weight excluding hydrogens is 496 g/mol. The minimum Gasteiger partial charge on any atom is -0.481 e. The molecule has 13 heteroatoms. The normalized spacial score (nSPS) is 14.1. The van der Waals surface area contributed by atoms with E-state index >= 15 is 0 Å². The summed E-state index contributed by atoms with van der Waals surface area (Å²) in [5.41, 5.74) is 7.35. The zero-order valence-electron chi connectivity index (χ0n) is 21.2. The number of carboxylic acids is 2. The number of H-pyrrole nitrogens is 1. The van der Waals surface area contributed by atoms with Gasteiger partial charge in [0.05, 0.1) is 18.8 Å². The molecule has 0 saturated heterocycles. The molecule has 0 aliphatic rings. The van der Waals surface area contributed by atoms with Gasteiger partial charge >= 0.3 is 11.9 Å². The van der Waals surface area contributed by atoms with Crippen molar-refractivity contribution >= 4 is 29.7 Å². The van der Waals surface area contributed by atoms with Gasteiger partial charge in [0.15, 0.2) is 0 Å². The molecule has 206 valence electrons. The van der Waals surface area contributed by atoms with E-state index in [4.69, 9.17) is 5.73 Å². The molecule has 2 rings (SSSR count). The molecule has 38 heavy (non-hydrogen) atoms. The summed E-state index contributed by atoms with van der Waals surface area (Å²) in [5, 5.41) is 25.9. The van der Waals surface area contributed by atoms with Crippen molar-refractivity contribution in [1.29, 1.82) is 0 Å². The average Bonchev–Trinajstić information content (AvgIpc) is 3.35. The van der Waals surface area contributed by atoms with Crippen molar-refractivity contribution in [3.8, 4) is 0 Å². The Morgan fingerprint density at radius 3 is 2.05 bits per heavy atom. The minimum absolute atomic E-state index is 0.0534. The van der Waals surface area contributed by atoms with E-state index in [9.17, 15) is 34.2 Å². The Kier molecular flexibility index (Phi) is 11.4. The van der Waals surface area contributed by atoms with E-state index in [1.165, 1.54) is 12.5 Å². The van der Waals surface area contributed by atoms with Crippen LogP contribution in [0.3, 0.4) is 0 Å². The van der Waals surface area contributed by atoms with E-state index in [1.54, 1.807) is 38.1 Å². The summed E-state index contributed by atoms with van der Waals surface area (Å²) >= 11 is 0. The van der Waals surface area contributed by atoms with Gasteiger partial charge < -0.3 is 36.9 Å². The highest BCUT2D eigenvalue weighted by Gasteiger charge is 2.32. The topological polar surface area (TPSA) is 217 Å². The standard InChI is InChI=1S/C25H34N6O7/c1-14(2)8-20(25(37)38)31-24(36)19(11-21(32)33)30-23(35)18(10-16-12-27-13-28-16)29-22(34)17(26)9-15-6-4-3-5-7-15/h3-7,12-14,17-20H,8-11,26H2,1-2H3,(H,27,28)(H,29,34)(H,30,35)(H,31,36)(H,32,33)(H,37,38). The summed E-state index contributed by atoms with van der Waals surface area (Å²) in [6.07, 6.45) is 2.29. The monoisotopic (exact) mass is 530 g/mol. The summed E-state index contributed by atoms with van der Waals surface area (Å²) < 4.78 is 0. The second kappa shape index (κ2) is 14.5. The number of hydrogen-bond acceptors (Lipinski definition) is 7. The molecule has 0 bridgehead atoms. The summed E-state index contributed by atoms with van der Waals surface area (Å²) in [7, 11) is 0. The third kappa shape index (κ3) is 10.0. The molecule has 2 aromatic rings. The van der Waals surface area contributed by atoms with Crippen molar-refractivity contribution < 1.29 is 34.2 Å². The summed E-state index contributed by atoms with van der Waals surface area (Å²) in [6.45, 7) is 3.54. The van der Waals surface area contributed by atoms with Gasteiger partial charge in [-0.05, 0) is 24.3 Å². The fraction of sp³-hybridized carbons (Fsp3) is 0.440. The van der Waals surface area contributed by atoms with E-state index in [2.05, 4.69) is 25.9 Å². The van der Waals surface area contributed by atoms with E-state index < -0.39 is 60.2 Å². The molecule has 1 aromatic carbocycles. The number of aliphatic carboxylic acids is 2. The van der Waals surface area contributed by atoms with Crippen LogP contribution >= 0.6 is 0 Å². The fourth-order valence-corrected chi connectivity index (χ4v) is 3.69. The van der Waals surface area contributed by atoms with Crippen molar-refractivity contribution in [2.45, 2.75) is 63.7 Å². The number of carbonyl (C=O) groups is 5. The van der Waals surface area contributed by atoms with Crippen molar-refractivity contribution in [2.24, 2.45) is 11.7 Å². The Bertz CT molecular complexity index is 1090. The maximum absolute atomic E-state index is 13.2. The summed E-state index contributed by atoms with van der Waals surface area (Å²) in [6, 6.07) is 3.96. The smallest absolute Gasteiger partial charge is 0.326 e. The molecule has 3 amide bonds. The number of carboxylic acid groups (broad SMARTS) is 2. The molecule has 4 atom stereocenters. The predicted molar refractivity (Wildman–Crippen MR) is 136 cm³/mol. The number of nitrogens with two attached hydrogens (primary N) is 1. The van der Waals surface area contributed by atoms with Crippen LogP contribution in [0.4, 0.5) is 0 Å². The van der Waals surface area contributed by atoms with Gasteiger partial charge in [-0.1, -0.05) is 44.2 Å². The lowest BCUT2D eigenvalue weighted by atomic mass is 10.0. The number of imidazole rings is 1. The van der Waals surface area contributed by atoms with Gasteiger partial charge in [0.2, 0.25) is 17.7 Å². The summed E-state index contributed by atoms with van der Waals surface area (Å²) in [5.74, 6) is -5.20. The lowest BCUT2D eigenvalue weighted by Crippen LogP contribution is -2.58. The van der Waals surface area contributed by atoms with Crippen molar-refractivity contribution in [3.63, 3.8) is 0 Å². The van der Waals surface area contributed by atoms with E-state index in [1.807, 2.05) is 6.07 Å². The highest BCUT2D eigenvalue weighted by atomic mass is 16.4. The average molecular weight is 531 g/mol. The van der Waals surface area contributed by atoms with Crippen LogP contribution < -0.4 is 21.7 Å². The van der Waals surface area contributed by atoms with E-state index in [-0.39, 0.29) is 25.2 Å². The molecule has 0 aliphatic heterocycles. The molecule has 0 radical (unpaired) electrons. The van der Waals surface area contributed by atoms with Gasteiger partial charge in [-0.3, -0.25) is 19.2 Å². The van der Waals surface area contributed by atoms with Crippen LogP contribution in [0.2, 0.25) is 0 Å². The van der Waals surface area contributed by atoms with Gasteiger partial charge in [0.25, 0.3) is 0 Å². The Hall–Kier alpha value is -4.26. The number of amides is 3. The van der Waals surface area contributed by atoms with Crippen LogP contribution in [-0.2, 0) is 36.8 Å². The second-order valence-corrected chi connectivity index (χ2v) is 9.33. The van der Waals surface area contributed by atoms with Crippen molar-refractivity contribution in [3.05, 3.63) is 54.1 Å². The molecule has 0 spiro atoms. The van der Waals surface area contributed by atoms with Crippen molar-refractivity contribution in [2.75, 3.05) is 0 Å². The Morgan fingerprint density at radius 1 is 0.895 bits per heavy atom. The number of nitrogens with one attached hydrogen (secondary N) is 4. The third-order valence-electron chi connectivity index (χ3n) is 5.58. The maximum atomic E-state index is 13.2. The number of aromatic nitrogens is 2. The maximum Gasteiger partial charge on any atom is 0.326 e. The third-order valence-corrected chi connectivity index (χ3v) is 5.58. The van der Waals surface area contributed by atoms with Gasteiger partial charge in [-0.25, -0.2) is 9.78 Å². The van der Waals surface area contributed by atoms with Gasteiger partial charge in [0, 0.05) is 18.3 Å². The Balaban J connectivity index is 2.18. The largest absolute Gasteiger partial charge is 0.481 e. The zero-order chi connectivity index (χ0) is 28.2. The molecule has 13 nitrogen and oxygen atoms in total. The highest BCUT2D eigenvalue weighted by molar-refractivity contribution is 5.95. The first-order valence-corrected chi connectivity index (χ1v) is 12.1. The molecule has 1 aromatic heterocycles. The Morgan fingerprint density at radius 2 is 1.50 bits per heavy atom. The number of hydrogen-bond donors (Lipinski definition) is 7. The van der Waals surface area contributed by atoms with Crippen LogP contribution in [0.5, 0.6) is 0 Å². The molecule has 8 N–H and O–H groups in total. The van der Waals surface area contributed by atoms with Gasteiger partial charge in [-0.15, -0.1) is 0 Å². The van der Waals surface area contributed by atoms with Gasteiger partial charge in [-0.2, -0.15) is 0 Å². The van der Waals surface area contributed by atoms with Crippen LogP contribution in [0.25, 0.3) is 0 Å². The van der Waals surface area contributed by atoms with E-state index in [0.717, 1.165) is 5.56 Å². The molecule has 1 heterocycles. The SMILES string of the molecule is CC(C)CC(NC(=O)C(CC(=O)O)NC(=O)C(Cc1cnc[nH]1)NC(=O)C(N)Cc1ccccc1)C(=O)O.